The van der Waals surface area contributed by atoms with Crippen molar-refractivity contribution in [2.24, 2.45) is 14.1 Å². The highest BCUT2D eigenvalue weighted by atomic mass is 16.2. The van der Waals surface area contributed by atoms with Crippen molar-refractivity contribution in [2.45, 2.75) is 18.9 Å². The van der Waals surface area contributed by atoms with E-state index >= 15 is 0 Å². The van der Waals surface area contributed by atoms with Crippen LogP contribution in [0.15, 0.2) is 46.2 Å². The summed E-state index contributed by atoms with van der Waals surface area (Å²) in [5, 5.41) is 0.476. The van der Waals surface area contributed by atoms with Crippen molar-refractivity contribution in [1.82, 2.24) is 24.0 Å². The molecule has 3 aromatic rings. The molecular formula is C19H21N5O2. The van der Waals surface area contributed by atoms with Gasteiger partial charge in [0, 0.05) is 51.2 Å². The summed E-state index contributed by atoms with van der Waals surface area (Å²) in [4.78, 5) is 35.7. The Hall–Kier alpha value is -2.80. The molecule has 0 spiro atoms. The molecule has 7 heteroatoms. The van der Waals surface area contributed by atoms with Crippen LogP contribution in [-0.2, 0) is 20.6 Å². The average molecular weight is 351 g/mol. The van der Waals surface area contributed by atoms with E-state index in [0.29, 0.717) is 17.0 Å². The van der Waals surface area contributed by atoms with E-state index in [1.807, 2.05) is 18.3 Å². The number of rotatable bonds is 3. The summed E-state index contributed by atoms with van der Waals surface area (Å²) in [6.07, 6.45) is 4.69. The first-order valence-electron chi connectivity index (χ1n) is 8.72. The summed E-state index contributed by atoms with van der Waals surface area (Å²) in [5.74, 6) is 0.301. The van der Waals surface area contributed by atoms with Gasteiger partial charge in [-0.25, -0.2) is 9.78 Å². The number of hydrogen-bond donors (Lipinski definition) is 0. The molecule has 26 heavy (non-hydrogen) atoms. The summed E-state index contributed by atoms with van der Waals surface area (Å²) in [7, 11) is 3.15. The van der Waals surface area contributed by atoms with Crippen molar-refractivity contribution in [3.05, 3.63) is 68.8 Å². The van der Waals surface area contributed by atoms with E-state index in [9.17, 15) is 9.59 Å². The van der Waals surface area contributed by atoms with Crippen molar-refractivity contribution in [3.63, 3.8) is 0 Å². The van der Waals surface area contributed by atoms with Crippen LogP contribution in [0.2, 0.25) is 0 Å². The zero-order chi connectivity index (χ0) is 18.3. The van der Waals surface area contributed by atoms with E-state index in [4.69, 9.17) is 0 Å². The first-order chi connectivity index (χ1) is 12.5. The highest BCUT2D eigenvalue weighted by Gasteiger charge is 2.25. The Balaban J connectivity index is 1.62. The van der Waals surface area contributed by atoms with Gasteiger partial charge in [0.1, 0.15) is 5.65 Å². The summed E-state index contributed by atoms with van der Waals surface area (Å²) in [6.45, 7) is 2.78. The van der Waals surface area contributed by atoms with Crippen LogP contribution in [0.5, 0.6) is 0 Å². The minimum atomic E-state index is -0.350. The Morgan fingerprint density at radius 3 is 2.77 bits per heavy atom. The van der Waals surface area contributed by atoms with Crippen LogP contribution >= 0.6 is 0 Å². The highest BCUT2D eigenvalue weighted by molar-refractivity contribution is 5.74. The van der Waals surface area contributed by atoms with Gasteiger partial charge in [0.05, 0.1) is 5.39 Å². The third-order valence-corrected chi connectivity index (χ3v) is 5.14. The van der Waals surface area contributed by atoms with Crippen LogP contribution in [0.1, 0.15) is 23.6 Å². The zero-order valence-corrected chi connectivity index (χ0v) is 14.9. The summed E-state index contributed by atoms with van der Waals surface area (Å²) >= 11 is 0. The summed E-state index contributed by atoms with van der Waals surface area (Å²) < 4.78 is 2.57. The molecule has 1 atom stereocenters. The number of aryl methyl sites for hydroxylation is 1. The van der Waals surface area contributed by atoms with Gasteiger partial charge in [-0.2, -0.15) is 0 Å². The molecule has 3 aromatic heterocycles. The number of fused-ring (bicyclic) bond motifs is 1. The largest absolute Gasteiger partial charge is 0.332 e. The molecule has 0 saturated carbocycles. The molecule has 4 heterocycles. The van der Waals surface area contributed by atoms with Crippen molar-refractivity contribution < 1.29 is 0 Å². The zero-order valence-electron chi connectivity index (χ0n) is 14.9. The van der Waals surface area contributed by atoms with Gasteiger partial charge in [0.2, 0.25) is 0 Å². The number of nitrogens with zero attached hydrogens (tertiary/aromatic N) is 5. The van der Waals surface area contributed by atoms with Gasteiger partial charge in [-0.05, 0) is 36.7 Å². The van der Waals surface area contributed by atoms with E-state index in [0.717, 1.165) is 36.3 Å². The fourth-order valence-electron chi connectivity index (χ4n) is 3.66. The first kappa shape index (κ1) is 16.7. The Morgan fingerprint density at radius 1 is 1.15 bits per heavy atom. The van der Waals surface area contributed by atoms with Crippen molar-refractivity contribution in [3.8, 4) is 0 Å². The lowest BCUT2D eigenvalue weighted by molar-refractivity contribution is 0.326. The maximum absolute atomic E-state index is 12.3. The smallest absolute Gasteiger partial charge is 0.298 e. The number of hydrogen-bond acceptors (Lipinski definition) is 5. The molecule has 1 saturated heterocycles. The van der Waals surface area contributed by atoms with Gasteiger partial charge in [-0.1, -0.05) is 6.07 Å². The maximum Gasteiger partial charge on any atom is 0.332 e. The third kappa shape index (κ3) is 2.84. The van der Waals surface area contributed by atoms with Gasteiger partial charge in [0.15, 0.2) is 0 Å². The normalized spacial score (nSPS) is 17.8. The van der Waals surface area contributed by atoms with Gasteiger partial charge in [0.25, 0.3) is 5.56 Å². The highest BCUT2D eigenvalue weighted by Crippen LogP contribution is 2.27. The fraction of sp³-hybridized carbons (Fsp3) is 0.368. The Bertz CT molecular complexity index is 1070. The van der Waals surface area contributed by atoms with E-state index in [1.54, 1.807) is 19.3 Å². The Labute approximate surface area is 150 Å². The molecule has 134 valence electrons. The molecule has 1 fully saturated rings. The van der Waals surface area contributed by atoms with Gasteiger partial charge in [-0.15, -0.1) is 0 Å². The lowest BCUT2D eigenvalue weighted by atomic mass is 10.0. The molecule has 4 rings (SSSR count). The molecule has 0 aliphatic carbocycles. The molecule has 0 bridgehead atoms. The Kier molecular flexibility index (Phi) is 4.16. The molecule has 0 aromatic carbocycles. The number of aromatic nitrogens is 4. The Morgan fingerprint density at radius 2 is 2.00 bits per heavy atom. The molecule has 1 aliphatic rings. The van der Waals surface area contributed by atoms with Crippen molar-refractivity contribution >= 4 is 11.0 Å². The van der Waals surface area contributed by atoms with Crippen LogP contribution in [-0.4, -0.2) is 37.1 Å². The van der Waals surface area contributed by atoms with E-state index in [-0.39, 0.29) is 11.2 Å². The lowest BCUT2D eigenvalue weighted by Gasteiger charge is -2.16. The minimum absolute atomic E-state index is 0.299. The van der Waals surface area contributed by atoms with Gasteiger partial charge in [-0.3, -0.25) is 23.8 Å². The monoisotopic (exact) mass is 351 g/mol. The van der Waals surface area contributed by atoms with Gasteiger partial charge >= 0.3 is 5.69 Å². The standard InChI is InChI=1S/C19H21N5O2/c1-22-17-15(18(25)23(2)19(22)26)5-6-16(21-17)14-7-9-24(12-14)11-13-4-3-8-20-10-13/h3-6,8,10,14H,7,9,11-12H2,1-2H3/t14-/m1/s1. The second-order valence-electron chi connectivity index (χ2n) is 6.90. The predicted octanol–water partition coefficient (Wildman–Crippen LogP) is 1.02. The third-order valence-electron chi connectivity index (χ3n) is 5.14. The van der Waals surface area contributed by atoms with Crippen LogP contribution in [0, 0.1) is 0 Å². The molecule has 0 radical (unpaired) electrons. The number of pyridine rings is 2. The number of likely N-dealkylation sites (tertiary alicyclic amines) is 1. The molecule has 0 amide bonds. The lowest BCUT2D eigenvalue weighted by Crippen LogP contribution is -2.37. The fourth-order valence-corrected chi connectivity index (χ4v) is 3.66. The average Bonchev–Trinajstić information content (AvgIpc) is 3.13. The second kappa shape index (κ2) is 6.49. The van der Waals surface area contributed by atoms with E-state index < -0.39 is 0 Å². The van der Waals surface area contributed by atoms with Crippen LogP contribution in [0.4, 0.5) is 0 Å². The molecule has 1 aliphatic heterocycles. The second-order valence-corrected chi connectivity index (χ2v) is 6.90. The van der Waals surface area contributed by atoms with Crippen LogP contribution in [0.25, 0.3) is 11.0 Å². The summed E-state index contributed by atoms with van der Waals surface area (Å²) in [5.41, 5.74) is 1.95. The first-order valence-corrected chi connectivity index (χ1v) is 8.72. The SMILES string of the molecule is Cn1c(=O)c2ccc([C@@H]3CCN(Cc4cccnc4)C3)nc2n(C)c1=O. The molecular weight excluding hydrogens is 330 g/mol. The molecule has 0 unspecified atom stereocenters. The minimum Gasteiger partial charge on any atom is -0.298 e. The van der Waals surface area contributed by atoms with Crippen LogP contribution in [0.3, 0.4) is 0 Å². The molecule has 0 N–H and O–H groups in total. The maximum atomic E-state index is 12.3. The predicted molar refractivity (Wildman–Crippen MR) is 99.1 cm³/mol. The van der Waals surface area contributed by atoms with Crippen molar-refractivity contribution in [1.29, 1.82) is 0 Å². The van der Waals surface area contributed by atoms with E-state index in [2.05, 4.69) is 20.9 Å². The van der Waals surface area contributed by atoms with Crippen LogP contribution < -0.4 is 11.2 Å². The van der Waals surface area contributed by atoms with Crippen molar-refractivity contribution in [2.75, 3.05) is 13.1 Å². The van der Waals surface area contributed by atoms with Gasteiger partial charge < -0.3 is 0 Å². The molecule has 7 nitrogen and oxygen atoms in total. The topological polar surface area (TPSA) is 73.0 Å². The quantitative estimate of drug-likeness (QED) is 0.704. The van der Waals surface area contributed by atoms with E-state index in [1.165, 1.54) is 17.2 Å². The summed E-state index contributed by atoms with van der Waals surface area (Å²) in [6, 6.07) is 7.75.